The second-order valence-corrected chi connectivity index (χ2v) is 4.89. The average molecular weight is 278 g/mol. The van der Waals surface area contributed by atoms with Crippen LogP contribution < -0.4 is 14.8 Å². The first-order valence-electron chi connectivity index (χ1n) is 6.90. The minimum Gasteiger partial charge on any atom is -0.486 e. The normalized spacial score (nSPS) is 13.1. The van der Waals surface area contributed by atoms with Gasteiger partial charge in [-0.25, -0.2) is 0 Å². The minimum atomic E-state index is 0.595. The zero-order valence-electron chi connectivity index (χ0n) is 11.4. The van der Waals surface area contributed by atoms with E-state index >= 15 is 0 Å². The van der Waals surface area contributed by atoms with Gasteiger partial charge in [0.05, 0.1) is 5.52 Å². The third-order valence-corrected chi connectivity index (χ3v) is 3.43. The Morgan fingerprint density at radius 1 is 0.857 bits per heavy atom. The standard InChI is InChI=1S/C17H14N2O2/c1-2-12-10-13(3-5-15(12)18-7-1)19-14-4-6-16-17(11-14)21-9-8-20-16/h1-7,10-11,19H,8-9H2. The summed E-state index contributed by atoms with van der Waals surface area (Å²) >= 11 is 0. The van der Waals surface area contributed by atoms with Crippen LogP contribution in [0.25, 0.3) is 10.9 Å². The van der Waals surface area contributed by atoms with Crippen LogP contribution in [0.3, 0.4) is 0 Å². The number of nitrogens with zero attached hydrogens (tertiary/aromatic N) is 1. The highest BCUT2D eigenvalue weighted by Gasteiger charge is 2.11. The van der Waals surface area contributed by atoms with Crippen molar-refractivity contribution in [3.05, 3.63) is 54.7 Å². The second kappa shape index (κ2) is 4.98. The van der Waals surface area contributed by atoms with Crippen molar-refractivity contribution in [3.8, 4) is 11.5 Å². The second-order valence-electron chi connectivity index (χ2n) is 4.89. The molecule has 0 saturated carbocycles. The van der Waals surface area contributed by atoms with Crippen LogP contribution in [0, 0.1) is 0 Å². The Labute approximate surface area is 122 Å². The van der Waals surface area contributed by atoms with E-state index < -0.39 is 0 Å². The summed E-state index contributed by atoms with van der Waals surface area (Å²) in [6.45, 7) is 1.20. The quantitative estimate of drug-likeness (QED) is 0.775. The zero-order chi connectivity index (χ0) is 14.1. The molecule has 1 N–H and O–H groups in total. The summed E-state index contributed by atoms with van der Waals surface area (Å²) in [5.74, 6) is 1.59. The van der Waals surface area contributed by atoms with Gasteiger partial charge in [-0.1, -0.05) is 6.07 Å². The Kier molecular flexibility index (Phi) is 2.85. The topological polar surface area (TPSA) is 43.4 Å². The lowest BCUT2D eigenvalue weighted by Crippen LogP contribution is -2.15. The molecule has 0 unspecified atom stereocenters. The highest BCUT2D eigenvalue weighted by Crippen LogP contribution is 2.33. The first-order chi connectivity index (χ1) is 10.4. The summed E-state index contributed by atoms with van der Waals surface area (Å²) in [6, 6.07) is 16.0. The van der Waals surface area contributed by atoms with E-state index in [-0.39, 0.29) is 0 Å². The Morgan fingerprint density at radius 3 is 2.62 bits per heavy atom. The highest BCUT2D eigenvalue weighted by atomic mass is 16.6. The number of benzene rings is 2. The van der Waals surface area contributed by atoms with Gasteiger partial charge in [0.2, 0.25) is 0 Å². The van der Waals surface area contributed by atoms with Gasteiger partial charge in [0, 0.05) is 29.0 Å². The molecule has 1 aromatic heterocycles. The predicted molar refractivity (Wildman–Crippen MR) is 82.5 cm³/mol. The molecule has 0 atom stereocenters. The fourth-order valence-electron chi connectivity index (χ4n) is 2.44. The summed E-state index contributed by atoms with van der Waals surface area (Å²) in [5.41, 5.74) is 2.99. The van der Waals surface area contributed by atoms with E-state index in [2.05, 4.69) is 22.4 Å². The van der Waals surface area contributed by atoms with E-state index in [9.17, 15) is 0 Å². The number of pyridine rings is 1. The van der Waals surface area contributed by atoms with Gasteiger partial charge in [0.25, 0.3) is 0 Å². The molecule has 0 aliphatic carbocycles. The Bertz CT molecular complexity index is 802. The Morgan fingerprint density at radius 2 is 1.67 bits per heavy atom. The summed E-state index contributed by atoms with van der Waals surface area (Å²) in [7, 11) is 0. The van der Waals surface area contributed by atoms with Crippen molar-refractivity contribution >= 4 is 22.3 Å². The van der Waals surface area contributed by atoms with Crippen LogP contribution >= 0.6 is 0 Å². The fourth-order valence-corrected chi connectivity index (χ4v) is 2.44. The van der Waals surface area contributed by atoms with Crippen molar-refractivity contribution in [1.29, 1.82) is 0 Å². The average Bonchev–Trinajstić information content (AvgIpc) is 2.55. The number of rotatable bonds is 2. The van der Waals surface area contributed by atoms with Gasteiger partial charge < -0.3 is 14.8 Å². The summed E-state index contributed by atoms with van der Waals surface area (Å²) < 4.78 is 11.1. The number of hydrogen-bond acceptors (Lipinski definition) is 4. The number of anilines is 2. The SMILES string of the molecule is c1cnc2ccc(Nc3ccc4c(c3)OCCO4)cc2c1. The number of nitrogens with one attached hydrogen (secondary N) is 1. The van der Waals surface area contributed by atoms with Gasteiger partial charge in [-0.05, 0) is 36.4 Å². The first kappa shape index (κ1) is 12.0. The summed E-state index contributed by atoms with van der Waals surface area (Å²) in [6.07, 6.45) is 1.80. The number of ether oxygens (including phenoxy) is 2. The molecule has 2 aromatic carbocycles. The first-order valence-corrected chi connectivity index (χ1v) is 6.90. The molecule has 0 radical (unpaired) electrons. The van der Waals surface area contributed by atoms with Crippen molar-refractivity contribution in [2.75, 3.05) is 18.5 Å². The summed E-state index contributed by atoms with van der Waals surface area (Å²) in [4.78, 5) is 4.32. The number of fused-ring (bicyclic) bond motifs is 2. The van der Waals surface area contributed by atoms with Crippen molar-refractivity contribution in [2.24, 2.45) is 0 Å². The van der Waals surface area contributed by atoms with Crippen LogP contribution in [-0.4, -0.2) is 18.2 Å². The molecular formula is C17H14N2O2. The molecule has 0 saturated heterocycles. The number of hydrogen-bond donors (Lipinski definition) is 1. The van der Waals surface area contributed by atoms with Crippen LogP contribution in [0.5, 0.6) is 11.5 Å². The zero-order valence-corrected chi connectivity index (χ0v) is 11.4. The van der Waals surface area contributed by atoms with E-state index in [1.165, 1.54) is 0 Å². The molecule has 0 spiro atoms. The van der Waals surface area contributed by atoms with Gasteiger partial charge in [-0.3, -0.25) is 4.98 Å². The maximum Gasteiger partial charge on any atom is 0.163 e. The van der Waals surface area contributed by atoms with Gasteiger partial charge >= 0.3 is 0 Å². The van der Waals surface area contributed by atoms with Gasteiger partial charge in [0.1, 0.15) is 13.2 Å². The molecule has 4 rings (SSSR count). The minimum absolute atomic E-state index is 0.595. The molecule has 3 aromatic rings. The molecule has 0 fully saturated rings. The lowest BCUT2D eigenvalue weighted by molar-refractivity contribution is 0.171. The molecule has 1 aliphatic heterocycles. The Hall–Kier alpha value is -2.75. The van der Waals surface area contributed by atoms with Crippen LogP contribution in [0.2, 0.25) is 0 Å². The van der Waals surface area contributed by atoms with Crippen LogP contribution in [0.4, 0.5) is 11.4 Å². The summed E-state index contributed by atoms with van der Waals surface area (Å²) in [5, 5.41) is 4.49. The monoisotopic (exact) mass is 278 g/mol. The van der Waals surface area contributed by atoms with Gasteiger partial charge in [0.15, 0.2) is 11.5 Å². The highest BCUT2D eigenvalue weighted by molar-refractivity contribution is 5.83. The van der Waals surface area contributed by atoms with Gasteiger partial charge in [-0.2, -0.15) is 0 Å². The van der Waals surface area contributed by atoms with Crippen LogP contribution in [0.1, 0.15) is 0 Å². The molecule has 4 heteroatoms. The van der Waals surface area contributed by atoms with E-state index in [0.717, 1.165) is 33.8 Å². The molecule has 4 nitrogen and oxygen atoms in total. The van der Waals surface area contributed by atoms with E-state index in [4.69, 9.17) is 9.47 Å². The molecule has 2 heterocycles. The maximum atomic E-state index is 5.60. The molecule has 21 heavy (non-hydrogen) atoms. The molecule has 104 valence electrons. The molecule has 1 aliphatic rings. The van der Waals surface area contributed by atoms with Crippen LogP contribution in [0.15, 0.2) is 54.7 Å². The Balaban J connectivity index is 1.64. The van der Waals surface area contributed by atoms with Crippen molar-refractivity contribution < 1.29 is 9.47 Å². The molecule has 0 amide bonds. The van der Waals surface area contributed by atoms with Crippen molar-refractivity contribution in [2.45, 2.75) is 0 Å². The van der Waals surface area contributed by atoms with Crippen molar-refractivity contribution in [3.63, 3.8) is 0 Å². The lowest BCUT2D eigenvalue weighted by Gasteiger charge is -2.19. The van der Waals surface area contributed by atoms with E-state index in [1.54, 1.807) is 6.20 Å². The van der Waals surface area contributed by atoms with Crippen LogP contribution in [-0.2, 0) is 0 Å². The van der Waals surface area contributed by atoms with E-state index in [0.29, 0.717) is 13.2 Å². The smallest absolute Gasteiger partial charge is 0.163 e. The third kappa shape index (κ3) is 2.36. The van der Waals surface area contributed by atoms with Gasteiger partial charge in [-0.15, -0.1) is 0 Å². The largest absolute Gasteiger partial charge is 0.486 e. The number of aromatic nitrogens is 1. The maximum absolute atomic E-state index is 5.60. The fraction of sp³-hybridized carbons (Fsp3) is 0.118. The third-order valence-electron chi connectivity index (χ3n) is 3.43. The lowest BCUT2D eigenvalue weighted by atomic mass is 10.2. The molecular weight excluding hydrogens is 264 g/mol. The van der Waals surface area contributed by atoms with E-state index in [1.807, 2.05) is 36.4 Å². The van der Waals surface area contributed by atoms with Crippen molar-refractivity contribution in [1.82, 2.24) is 4.98 Å². The predicted octanol–water partition coefficient (Wildman–Crippen LogP) is 3.75. The molecule has 0 bridgehead atoms.